The minimum atomic E-state index is -0.476. The van der Waals surface area contributed by atoms with Gasteiger partial charge in [0.15, 0.2) is 5.78 Å². The number of thiophene rings is 1. The van der Waals surface area contributed by atoms with Gasteiger partial charge in [0.1, 0.15) is 10.6 Å². The van der Waals surface area contributed by atoms with Crippen molar-refractivity contribution in [3.05, 3.63) is 10.4 Å². The average Bonchev–Trinajstić information content (AvgIpc) is 3.17. The predicted octanol–water partition coefficient (Wildman–Crippen LogP) is 2.56. The first-order chi connectivity index (χ1) is 9.49. The Morgan fingerprint density at radius 2 is 2.10 bits per heavy atom. The number of methoxy groups -OCH3 is 1. The van der Waals surface area contributed by atoms with Crippen molar-refractivity contribution in [3.8, 4) is 0 Å². The Morgan fingerprint density at radius 1 is 1.45 bits per heavy atom. The van der Waals surface area contributed by atoms with Gasteiger partial charge in [-0.1, -0.05) is 0 Å². The zero-order valence-electron chi connectivity index (χ0n) is 12.1. The van der Waals surface area contributed by atoms with E-state index in [1.165, 1.54) is 38.2 Å². The molecule has 1 aliphatic carbocycles. The number of ether oxygens (including phenoxy) is 1. The maximum atomic E-state index is 12.0. The molecule has 0 radical (unpaired) electrons. The number of anilines is 2. The molecule has 2 rings (SSSR count). The Bertz CT molecular complexity index is 535. The fraction of sp³-hybridized carbons (Fsp3) is 0.571. The van der Waals surface area contributed by atoms with E-state index in [0.29, 0.717) is 16.4 Å². The minimum absolute atomic E-state index is 0.119. The lowest BCUT2D eigenvalue weighted by Gasteiger charge is -2.22. The van der Waals surface area contributed by atoms with Crippen LogP contribution in [0.15, 0.2) is 0 Å². The maximum Gasteiger partial charge on any atom is 0.343 e. The number of carbonyl (C=O) groups is 2. The van der Waals surface area contributed by atoms with Crippen molar-refractivity contribution in [1.29, 1.82) is 0 Å². The highest BCUT2D eigenvalue weighted by atomic mass is 32.1. The molecule has 0 amide bonds. The number of hydrogen-bond donors (Lipinski definition) is 1. The predicted molar refractivity (Wildman–Crippen MR) is 80.7 cm³/mol. The van der Waals surface area contributed by atoms with Gasteiger partial charge in [-0.05, 0) is 25.7 Å². The highest BCUT2D eigenvalue weighted by Crippen LogP contribution is 2.41. The van der Waals surface area contributed by atoms with Gasteiger partial charge in [-0.3, -0.25) is 4.79 Å². The second-order valence-corrected chi connectivity index (χ2v) is 6.05. The summed E-state index contributed by atoms with van der Waals surface area (Å²) in [5.41, 5.74) is 6.57. The lowest BCUT2D eigenvalue weighted by atomic mass is 10.2. The van der Waals surface area contributed by atoms with Crippen LogP contribution < -0.4 is 10.6 Å². The van der Waals surface area contributed by atoms with Gasteiger partial charge >= 0.3 is 5.97 Å². The molecular formula is C14H20N2O3S. The van der Waals surface area contributed by atoms with Crippen LogP contribution in [0, 0.1) is 5.92 Å². The van der Waals surface area contributed by atoms with Crippen LogP contribution in [-0.4, -0.2) is 32.0 Å². The Hall–Kier alpha value is -1.56. The minimum Gasteiger partial charge on any atom is -0.465 e. The first-order valence-corrected chi connectivity index (χ1v) is 7.57. The number of Topliss-reactive ketones (excluding diaryl/α,β-unsaturated/α-hetero) is 1. The van der Waals surface area contributed by atoms with Crippen LogP contribution in [0.1, 0.15) is 46.7 Å². The molecular weight excluding hydrogens is 276 g/mol. The van der Waals surface area contributed by atoms with Crippen LogP contribution in [0.5, 0.6) is 0 Å². The summed E-state index contributed by atoms with van der Waals surface area (Å²) in [6.45, 7) is 5.17. The van der Waals surface area contributed by atoms with Crippen molar-refractivity contribution in [1.82, 2.24) is 0 Å². The summed E-state index contributed by atoms with van der Waals surface area (Å²) >= 11 is 1.29. The van der Waals surface area contributed by atoms with Gasteiger partial charge in [0.05, 0.1) is 17.7 Å². The number of nitrogens with zero attached hydrogens (tertiary/aromatic N) is 1. The summed E-state index contributed by atoms with van der Waals surface area (Å²) < 4.78 is 4.82. The second-order valence-electron chi connectivity index (χ2n) is 5.05. The smallest absolute Gasteiger partial charge is 0.343 e. The number of rotatable bonds is 6. The molecule has 1 fully saturated rings. The topological polar surface area (TPSA) is 72.6 Å². The third kappa shape index (κ3) is 2.80. The first kappa shape index (κ1) is 14.8. The monoisotopic (exact) mass is 296 g/mol. The molecule has 0 saturated heterocycles. The van der Waals surface area contributed by atoms with Crippen LogP contribution in [-0.2, 0) is 4.74 Å². The van der Waals surface area contributed by atoms with Gasteiger partial charge in [-0.25, -0.2) is 4.79 Å². The first-order valence-electron chi connectivity index (χ1n) is 6.76. The third-order valence-electron chi connectivity index (χ3n) is 3.48. The van der Waals surface area contributed by atoms with E-state index in [9.17, 15) is 9.59 Å². The zero-order valence-corrected chi connectivity index (χ0v) is 12.9. The summed E-state index contributed by atoms with van der Waals surface area (Å²) in [4.78, 5) is 26.2. The SMILES string of the molecule is CCN(CC1CC1)c1sc(C(C)=O)c(N)c1C(=O)OC. The summed E-state index contributed by atoms with van der Waals surface area (Å²) in [6, 6.07) is 0. The number of nitrogens with two attached hydrogens (primary N) is 1. The zero-order chi connectivity index (χ0) is 14.9. The summed E-state index contributed by atoms with van der Waals surface area (Å²) in [6.07, 6.45) is 2.45. The lowest BCUT2D eigenvalue weighted by Crippen LogP contribution is -2.26. The number of hydrogen-bond acceptors (Lipinski definition) is 6. The van der Waals surface area contributed by atoms with Crippen molar-refractivity contribution < 1.29 is 14.3 Å². The van der Waals surface area contributed by atoms with Crippen LogP contribution in [0.3, 0.4) is 0 Å². The fourth-order valence-corrected chi connectivity index (χ4v) is 3.36. The highest BCUT2D eigenvalue weighted by molar-refractivity contribution is 7.19. The number of esters is 1. The van der Waals surface area contributed by atoms with Crippen molar-refractivity contribution in [2.24, 2.45) is 5.92 Å². The molecule has 1 aromatic rings. The van der Waals surface area contributed by atoms with E-state index in [1.807, 2.05) is 6.92 Å². The summed E-state index contributed by atoms with van der Waals surface area (Å²) in [5.74, 6) is 0.0893. The van der Waals surface area contributed by atoms with Gasteiger partial charge in [0.2, 0.25) is 0 Å². The Balaban J connectivity index is 2.45. The molecule has 6 heteroatoms. The molecule has 0 aromatic carbocycles. The van der Waals surface area contributed by atoms with Gasteiger partial charge in [-0.15, -0.1) is 11.3 Å². The molecule has 1 aromatic heterocycles. The van der Waals surface area contributed by atoms with Crippen LogP contribution in [0.4, 0.5) is 10.7 Å². The van der Waals surface area contributed by atoms with Gasteiger partial charge in [-0.2, -0.15) is 0 Å². The molecule has 0 bridgehead atoms. The summed E-state index contributed by atoms with van der Waals surface area (Å²) in [5, 5.41) is 0.758. The number of ketones is 1. The standard InChI is InChI=1S/C14H20N2O3S/c1-4-16(7-9-5-6-9)13-10(14(18)19-3)11(15)12(20-13)8(2)17/h9H,4-7,15H2,1-3H3. The largest absolute Gasteiger partial charge is 0.465 e. The number of carbonyl (C=O) groups excluding carboxylic acids is 2. The van der Waals surface area contributed by atoms with E-state index < -0.39 is 5.97 Å². The molecule has 0 atom stereocenters. The molecule has 0 unspecified atom stereocenters. The van der Waals surface area contributed by atoms with Gasteiger partial charge in [0.25, 0.3) is 0 Å². The second kappa shape index (κ2) is 5.83. The Labute approximate surface area is 122 Å². The normalized spacial score (nSPS) is 14.2. The third-order valence-corrected chi connectivity index (χ3v) is 4.85. The van der Waals surface area contributed by atoms with E-state index in [4.69, 9.17) is 10.5 Å². The fourth-order valence-electron chi connectivity index (χ4n) is 2.18. The highest BCUT2D eigenvalue weighted by Gasteiger charge is 2.30. The molecule has 0 spiro atoms. The van der Waals surface area contributed by atoms with E-state index in [0.717, 1.165) is 18.1 Å². The van der Waals surface area contributed by atoms with Crippen molar-refractivity contribution >= 4 is 33.8 Å². The van der Waals surface area contributed by atoms with Gasteiger partial charge in [0, 0.05) is 20.0 Å². The molecule has 1 aliphatic rings. The quantitative estimate of drug-likeness (QED) is 0.645. The van der Waals surface area contributed by atoms with Crippen LogP contribution in [0.25, 0.3) is 0 Å². The van der Waals surface area contributed by atoms with Crippen molar-refractivity contribution in [2.75, 3.05) is 30.8 Å². The molecule has 1 heterocycles. The van der Waals surface area contributed by atoms with Crippen LogP contribution >= 0.6 is 11.3 Å². The molecule has 110 valence electrons. The molecule has 2 N–H and O–H groups in total. The van der Waals surface area contributed by atoms with Gasteiger partial charge < -0.3 is 15.4 Å². The molecule has 20 heavy (non-hydrogen) atoms. The van der Waals surface area contributed by atoms with E-state index in [-0.39, 0.29) is 11.5 Å². The average molecular weight is 296 g/mol. The van der Waals surface area contributed by atoms with Crippen molar-refractivity contribution in [3.63, 3.8) is 0 Å². The number of nitrogen functional groups attached to an aromatic ring is 1. The van der Waals surface area contributed by atoms with Crippen molar-refractivity contribution in [2.45, 2.75) is 26.7 Å². The van der Waals surface area contributed by atoms with Crippen LogP contribution in [0.2, 0.25) is 0 Å². The lowest BCUT2D eigenvalue weighted by molar-refractivity contribution is 0.0603. The Kier molecular flexibility index (Phi) is 4.32. The molecule has 1 saturated carbocycles. The van der Waals surface area contributed by atoms with E-state index in [1.54, 1.807) is 0 Å². The molecule has 5 nitrogen and oxygen atoms in total. The maximum absolute atomic E-state index is 12.0. The summed E-state index contributed by atoms with van der Waals surface area (Å²) in [7, 11) is 1.33. The van der Waals surface area contributed by atoms with E-state index in [2.05, 4.69) is 4.90 Å². The Morgan fingerprint density at radius 3 is 2.55 bits per heavy atom. The molecule has 0 aliphatic heterocycles. The van der Waals surface area contributed by atoms with E-state index >= 15 is 0 Å².